The number of nitrogens with zero attached hydrogens (tertiary/aromatic N) is 1. The van der Waals surface area contributed by atoms with Crippen LogP contribution in [0.25, 0.3) is 0 Å². The average molecular weight is 306 g/mol. The van der Waals surface area contributed by atoms with Crippen LogP contribution in [0.2, 0.25) is 0 Å². The lowest BCUT2D eigenvalue weighted by Gasteiger charge is -2.09. The molecule has 0 spiro atoms. The summed E-state index contributed by atoms with van der Waals surface area (Å²) in [5.74, 6) is -0.147. The highest BCUT2D eigenvalue weighted by atomic mass is 32.2. The first-order valence-corrected chi connectivity index (χ1v) is 7.37. The molecule has 21 heavy (non-hydrogen) atoms. The van der Waals surface area contributed by atoms with E-state index in [1.807, 2.05) is 0 Å². The summed E-state index contributed by atoms with van der Waals surface area (Å²) in [6, 6.07) is 9.76. The molecule has 2 aromatic carbocycles. The molecule has 0 atom stereocenters. The summed E-state index contributed by atoms with van der Waals surface area (Å²) in [5.41, 5.74) is 0.340. The van der Waals surface area contributed by atoms with Gasteiger partial charge in [-0.1, -0.05) is 0 Å². The van der Waals surface area contributed by atoms with Crippen LogP contribution in [0.5, 0.6) is 11.5 Å². The van der Waals surface area contributed by atoms with E-state index in [9.17, 15) is 12.8 Å². The van der Waals surface area contributed by atoms with E-state index in [1.54, 1.807) is 13.0 Å². The van der Waals surface area contributed by atoms with Crippen LogP contribution in [0.15, 0.2) is 41.3 Å². The van der Waals surface area contributed by atoms with E-state index in [2.05, 4.69) is 0 Å². The van der Waals surface area contributed by atoms with Crippen LogP contribution < -0.4 is 9.88 Å². The number of ether oxygens (including phenoxy) is 1. The van der Waals surface area contributed by atoms with Gasteiger partial charge in [-0.3, -0.25) is 0 Å². The number of nitrogens with two attached hydrogens (primary N) is 1. The van der Waals surface area contributed by atoms with Gasteiger partial charge in [-0.05, 0) is 42.8 Å². The molecule has 0 aliphatic rings. The molecule has 0 amide bonds. The van der Waals surface area contributed by atoms with E-state index < -0.39 is 15.8 Å². The van der Waals surface area contributed by atoms with Gasteiger partial charge in [0.1, 0.15) is 23.4 Å². The van der Waals surface area contributed by atoms with Crippen molar-refractivity contribution in [3.63, 3.8) is 0 Å². The SMILES string of the molecule is Cc1cc(Oc2ccc(C#N)c(F)c2)ccc1S(N)(=O)=O. The van der Waals surface area contributed by atoms with Crippen LogP contribution in [0.3, 0.4) is 0 Å². The minimum absolute atomic E-state index is 0.000795. The fourth-order valence-electron chi connectivity index (χ4n) is 1.79. The third kappa shape index (κ3) is 3.37. The Balaban J connectivity index is 2.31. The number of hydrogen-bond donors (Lipinski definition) is 1. The maximum Gasteiger partial charge on any atom is 0.238 e. The second kappa shape index (κ2) is 5.52. The van der Waals surface area contributed by atoms with Crippen molar-refractivity contribution in [2.75, 3.05) is 0 Å². The normalized spacial score (nSPS) is 11.0. The van der Waals surface area contributed by atoms with E-state index >= 15 is 0 Å². The Morgan fingerprint density at radius 1 is 1.19 bits per heavy atom. The summed E-state index contributed by atoms with van der Waals surface area (Å²) in [4.78, 5) is 0.000795. The van der Waals surface area contributed by atoms with Gasteiger partial charge >= 0.3 is 0 Å². The second-order valence-corrected chi connectivity index (χ2v) is 5.86. The molecule has 0 bridgehead atoms. The van der Waals surface area contributed by atoms with Gasteiger partial charge in [0.25, 0.3) is 0 Å². The number of aryl methyl sites for hydroxylation is 1. The Morgan fingerprint density at radius 2 is 1.81 bits per heavy atom. The van der Waals surface area contributed by atoms with Crippen LogP contribution in [0, 0.1) is 24.1 Å². The van der Waals surface area contributed by atoms with Crippen molar-refractivity contribution in [1.29, 1.82) is 5.26 Å². The quantitative estimate of drug-likeness (QED) is 0.942. The third-order valence-corrected chi connectivity index (χ3v) is 3.82. The fraction of sp³-hybridized carbons (Fsp3) is 0.0714. The number of nitriles is 1. The van der Waals surface area contributed by atoms with Crippen molar-refractivity contribution in [2.24, 2.45) is 5.14 Å². The Labute approximate surface area is 121 Å². The third-order valence-electron chi connectivity index (χ3n) is 2.75. The molecule has 0 saturated carbocycles. The number of primary sulfonamides is 1. The van der Waals surface area contributed by atoms with E-state index in [4.69, 9.17) is 15.1 Å². The second-order valence-electron chi connectivity index (χ2n) is 4.33. The number of sulfonamides is 1. The topological polar surface area (TPSA) is 93.2 Å². The molecule has 0 aromatic heterocycles. The first-order valence-electron chi connectivity index (χ1n) is 5.82. The zero-order valence-electron chi connectivity index (χ0n) is 11.0. The molecule has 7 heteroatoms. The van der Waals surface area contributed by atoms with Gasteiger partial charge in [0, 0.05) is 6.07 Å². The molecule has 2 rings (SSSR count). The van der Waals surface area contributed by atoms with Crippen molar-refractivity contribution >= 4 is 10.0 Å². The fourth-order valence-corrected chi connectivity index (χ4v) is 2.56. The average Bonchev–Trinajstić information content (AvgIpc) is 2.37. The Bertz CT molecular complexity index is 842. The summed E-state index contributed by atoms with van der Waals surface area (Å²) in [6.07, 6.45) is 0. The van der Waals surface area contributed by atoms with E-state index in [0.717, 1.165) is 6.07 Å². The zero-order chi connectivity index (χ0) is 15.6. The first-order chi connectivity index (χ1) is 9.81. The Morgan fingerprint density at radius 3 is 2.33 bits per heavy atom. The molecule has 0 aliphatic heterocycles. The predicted molar refractivity (Wildman–Crippen MR) is 73.7 cm³/mol. The summed E-state index contributed by atoms with van der Waals surface area (Å²) in [6.45, 7) is 1.58. The lowest BCUT2D eigenvalue weighted by molar-refractivity contribution is 0.475. The number of rotatable bonds is 3. The van der Waals surface area contributed by atoms with Crippen LogP contribution in [0.4, 0.5) is 4.39 Å². The maximum atomic E-state index is 13.5. The molecular formula is C14H11FN2O3S. The predicted octanol–water partition coefficient (Wildman–Crippen LogP) is 2.45. The first kappa shape index (κ1) is 15.0. The molecule has 0 radical (unpaired) electrons. The molecule has 2 aromatic rings. The van der Waals surface area contributed by atoms with Gasteiger partial charge < -0.3 is 4.74 Å². The van der Waals surface area contributed by atoms with E-state index in [-0.39, 0.29) is 16.2 Å². The monoisotopic (exact) mass is 306 g/mol. The smallest absolute Gasteiger partial charge is 0.238 e. The van der Waals surface area contributed by atoms with Crippen molar-refractivity contribution < 1.29 is 17.5 Å². The molecule has 0 unspecified atom stereocenters. The summed E-state index contributed by atoms with van der Waals surface area (Å²) in [5, 5.41) is 13.7. The molecule has 5 nitrogen and oxygen atoms in total. The minimum atomic E-state index is -3.79. The standard InChI is InChI=1S/C14H11FN2O3S/c1-9-6-11(4-5-14(9)21(17,18)19)20-12-3-2-10(8-16)13(15)7-12/h2-7H,1H3,(H2,17,18,19). The molecule has 0 saturated heterocycles. The Kier molecular flexibility index (Phi) is 3.93. The van der Waals surface area contributed by atoms with Crippen molar-refractivity contribution in [2.45, 2.75) is 11.8 Å². The van der Waals surface area contributed by atoms with E-state index in [0.29, 0.717) is 11.3 Å². The van der Waals surface area contributed by atoms with Crippen LogP contribution in [0.1, 0.15) is 11.1 Å². The number of hydrogen-bond acceptors (Lipinski definition) is 4. The molecule has 0 fully saturated rings. The lowest BCUT2D eigenvalue weighted by atomic mass is 10.2. The van der Waals surface area contributed by atoms with Crippen molar-refractivity contribution in [3.05, 3.63) is 53.3 Å². The van der Waals surface area contributed by atoms with Crippen molar-refractivity contribution in [1.82, 2.24) is 0 Å². The van der Waals surface area contributed by atoms with Gasteiger partial charge in [0.15, 0.2) is 0 Å². The highest BCUT2D eigenvalue weighted by molar-refractivity contribution is 7.89. The summed E-state index contributed by atoms with van der Waals surface area (Å²) < 4.78 is 41.5. The highest BCUT2D eigenvalue weighted by Gasteiger charge is 2.12. The molecule has 0 aliphatic carbocycles. The number of benzene rings is 2. The lowest BCUT2D eigenvalue weighted by Crippen LogP contribution is -2.13. The molecule has 0 heterocycles. The van der Waals surface area contributed by atoms with Gasteiger partial charge in [-0.25, -0.2) is 17.9 Å². The summed E-state index contributed by atoms with van der Waals surface area (Å²) >= 11 is 0. The molecule has 2 N–H and O–H groups in total. The Hall–Kier alpha value is -2.43. The van der Waals surface area contributed by atoms with Gasteiger partial charge in [0.05, 0.1) is 10.5 Å². The zero-order valence-corrected chi connectivity index (χ0v) is 11.8. The van der Waals surface area contributed by atoms with Crippen LogP contribution in [-0.4, -0.2) is 8.42 Å². The minimum Gasteiger partial charge on any atom is -0.457 e. The van der Waals surface area contributed by atoms with Crippen LogP contribution >= 0.6 is 0 Å². The molecule has 108 valence electrons. The van der Waals surface area contributed by atoms with Gasteiger partial charge in [-0.2, -0.15) is 5.26 Å². The van der Waals surface area contributed by atoms with Crippen molar-refractivity contribution in [3.8, 4) is 17.6 Å². The van der Waals surface area contributed by atoms with Crippen LogP contribution in [-0.2, 0) is 10.0 Å². The van der Waals surface area contributed by atoms with Gasteiger partial charge in [0.2, 0.25) is 10.0 Å². The largest absolute Gasteiger partial charge is 0.457 e. The number of halogens is 1. The van der Waals surface area contributed by atoms with E-state index in [1.165, 1.54) is 30.3 Å². The summed E-state index contributed by atoms with van der Waals surface area (Å²) in [7, 11) is -3.79. The highest BCUT2D eigenvalue weighted by Crippen LogP contribution is 2.26. The molecular weight excluding hydrogens is 295 g/mol. The maximum absolute atomic E-state index is 13.5. The van der Waals surface area contributed by atoms with Gasteiger partial charge in [-0.15, -0.1) is 0 Å².